The van der Waals surface area contributed by atoms with Crippen molar-refractivity contribution in [1.29, 1.82) is 0 Å². The minimum Gasteiger partial charge on any atom is -0.497 e. The highest BCUT2D eigenvalue weighted by Crippen LogP contribution is 2.28. The number of esters is 1. The van der Waals surface area contributed by atoms with Gasteiger partial charge in [-0.2, -0.15) is 0 Å². The van der Waals surface area contributed by atoms with E-state index in [0.29, 0.717) is 29.4 Å². The Hall–Kier alpha value is -4.09. The average molecular weight is 728 g/mol. The Balaban J connectivity index is 1.92. The molecule has 3 rings (SSSR count). The summed E-state index contributed by atoms with van der Waals surface area (Å²) in [5, 5.41) is 9.01. The summed E-state index contributed by atoms with van der Waals surface area (Å²) in [6.45, 7) is 13.5. The van der Waals surface area contributed by atoms with E-state index in [1.165, 1.54) is 13.2 Å². The van der Waals surface area contributed by atoms with Crippen molar-refractivity contribution in [3.63, 3.8) is 0 Å². The largest absolute Gasteiger partial charge is 0.497 e. The smallest absolute Gasteiger partial charge is 0.328 e. The minimum absolute atomic E-state index is 0.130. The van der Waals surface area contributed by atoms with Crippen LogP contribution in [0.25, 0.3) is 0 Å². The van der Waals surface area contributed by atoms with Gasteiger partial charge < -0.3 is 34.9 Å². The van der Waals surface area contributed by atoms with E-state index < -0.39 is 53.3 Å². The van der Waals surface area contributed by atoms with Crippen LogP contribution in [0.2, 0.25) is 5.02 Å². The first-order valence-electron chi connectivity index (χ1n) is 17.3. The third-order valence-electron chi connectivity index (χ3n) is 9.07. The molecular weight excluding hydrogens is 674 g/mol. The van der Waals surface area contributed by atoms with Crippen LogP contribution in [0.5, 0.6) is 11.5 Å². The van der Waals surface area contributed by atoms with Crippen LogP contribution in [-0.4, -0.2) is 68.7 Å². The molecule has 1 aliphatic rings. The minimum atomic E-state index is -1.15. The second-order valence-electron chi connectivity index (χ2n) is 14.9. The predicted octanol–water partition coefficient (Wildman–Crippen LogP) is 5.56. The second-order valence-corrected chi connectivity index (χ2v) is 15.3. The maximum absolute atomic E-state index is 13.8. The highest BCUT2D eigenvalue weighted by atomic mass is 35.5. The molecule has 0 aliphatic carbocycles. The van der Waals surface area contributed by atoms with Gasteiger partial charge in [0.05, 0.1) is 37.9 Å². The molecule has 0 bridgehead atoms. The number of amides is 3. The van der Waals surface area contributed by atoms with E-state index >= 15 is 0 Å². The number of halogens is 1. The number of benzene rings is 2. The fraction of sp³-hybridized carbons (Fsp3) is 0.538. The number of rotatable bonds is 10. The summed E-state index contributed by atoms with van der Waals surface area (Å²) < 4.78 is 22.6. The Bertz CT molecular complexity index is 1540. The molecule has 1 aliphatic heterocycles. The Labute approximate surface area is 307 Å². The fourth-order valence-electron chi connectivity index (χ4n) is 5.47. The highest BCUT2D eigenvalue weighted by Gasteiger charge is 2.40. The van der Waals surface area contributed by atoms with Gasteiger partial charge in [0.15, 0.2) is 0 Å². The molecule has 0 unspecified atom stereocenters. The van der Waals surface area contributed by atoms with Crippen LogP contribution in [0.4, 0.5) is 0 Å². The molecule has 12 heteroatoms. The van der Waals surface area contributed by atoms with Crippen molar-refractivity contribution in [2.45, 2.75) is 98.6 Å². The number of hydrogen-bond acceptors (Lipinski definition) is 8. The SMILES string of the molecule is COc1ccc(COC[C@@H](C)[C@@H]2C/C=C/C(=O)N[C@H](Cc3ccc(OC)c(Cl)c3)C(=O)N[C@@H](C)C(C)(C)C(=O)N[C@@H](CC(C)(C)C)C(=O)O2)cc1. The van der Waals surface area contributed by atoms with Crippen molar-refractivity contribution < 1.29 is 38.1 Å². The van der Waals surface area contributed by atoms with E-state index in [4.69, 9.17) is 30.5 Å². The van der Waals surface area contributed by atoms with E-state index in [9.17, 15) is 19.2 Å². The van der Waals surface area contributed by atoms with Gasteiger partial charge in [-0.1, -0.05) is 63.6 Å². The van der Waals surface area contributed by atoms with Crippen LogP contribution in [0.3, 0.4) is 0 Å². The van der Waals surface area contributed by atoms with Gasteiger partial charge in [0, 0.05) is 24.8 Å². The molecule has 2 aromatic rings. The van der Waals surface area contributed by atoms with Gasteiger partial charge in [0.1, 0.15) is 29.7 Å². The van der Waals surface area contributed by atoms with Crippen molar-refractivity contribution >= 4 is 35.3 Å². The Kier molecular flexibility index (Phi) is 14.9. The van der Waals surface area contributed by atoms with E-state index in [1.54, 1.807) is 52.2 Å². The summed E-state index contributed by atoms with van der Waals surface area (Å²) >= 11 is 6.35. The first-order chi connectivity index (χ1) is 23.9. The van der Waals surface area contributed by atoms with Gasteiger partial charge in [-0.05, 0) is 74.1 Å². The zero-order chi connectivity index (χ0) is 37.9. The number of hydrogen-bond donors (Lipinski definition) is 3. The van der Waals surface area contributed by atoms with Crippen LogP contribution in [0.1, 0.15) is 72.4 Å². The molecule has 1 heterocycles. The lowest BCUT2D eigenvalue weighted by molar-refractivity contribution is -0.158. The molecular formula is C39H54ClN3O8. The van der Waals surface area contributed by atoms with Gasteiger partial charge in [-0.25, -0.2) is 4.79 Å². The third kappa shape index (κ3) is 12.6. The Morgan fingerprint density at radius 3 is 2.22 bits per heavy atom. The molecule has 3 amide bonds. The third-order valence-corrected chi connectivity index (χ3v) is 9.37. The summed E-state index contributed by atoms with van der Waals surface area (Å²) in [5.41, 5.74) is 0.169. The lowest BCUT2D eigenvalue weighted by Gasteiger charge is -2.35. The number of ether oxygens (including phenoxy) is 4. The molecule has 0 saturated carbocycles. The summed E-state index contributed by atoms with van der Waals surface area (Å²) in [7, 11) is 3.11. The number of cyclic esters (lactones) is 1. The first-order valence-corrected chi connectivity index (χ1v) is 17.6. The van der Waals surface area contributed by atoms with Crippen LogP contribution in [0, 0.1) is 16.7 Å². The number of methoxy groups -OCH3 is 2. The standard InChI is InChI=1S/C39H54ClN3O8/c1-24(22-50-23-26-13-16-28(48-8)17-14-26)32-11-10-12-34(44)42-30(20-27-15-18-33(49-9)29(40)19-27)35(45)41-25(2)39(6,7)37(47)43-31(36(46)51-32)21-38(3,4)5/h10,12-19,24-25,30-32H,11,20-23H2,1-9H3,(H,41,45)(H,42,44)(H,43,47)/b12-10+/t24-,25+,30-,31+,32+/m1/s1. The van der Waals surface area contributed by atoms with Crippen molar-refractivity contribution in [3.05, 3.63) is 70.8 Å². The molecule has 51 heavy (non-hydrogen) atoms. The van der Waals surface area contributed by atoms with Crippen molar-refractivity contribution in [1.82, 2.24) is 16.0 Å². The van der Waals surface area contributed by atoms with E-state index in [2.05, 4.69) is 16.0 Å². The molecule has 11 nitrogen and oxygen atoms in total. The summed E-state index contributed by atoms with van der Waals surface area (Å²) in [6.07, 6.45) is 2.90. The van der Waals surface area contributed by atoms with Crippen LogP contribution in [-0.2, 0) is 41.7 Å². The zero-order valence-electron chi connectivity index (χ0n) is 31.3. The molecule has 0 spiro atoms. The van der Waals surface area contributed by atoms with E-state index in [1.807, 2.05) is 52.0 Å². The zero-order valence-corrected chi connectivity index (χ0v) is 32.0. The number of carbonyl (C=O) groups excluding carboxylic acids is 4. The Morgan fingerprint density at radius 1 is 0.941 bits per heavy atom. The molecule has 2 aromatic carbocycles. The topological polar surface area (TPSA) is 141 Å². The molecule has 280 valence electrons. The molecule has 0 fully saturated rings. The Morgan fingerprint density at radius 2 is 1.61 bits per heavy atom. The van der Waals surface area contributed by atoms with Crippen LogP contribution in [0.15, 0.2) is 54.6 Å². The van der Waals surface area contributed by atoms with Gasteiger partial charge in [0.25, 0.3) is 0 Å². The van der Waals surface area contributed by atoms with Crippen LogP contribution >= 0.6 is 11.6 Å². The lowest BCUT2D eigenvalue weighted by Crippen LogP contribution is -2.58. The fourth-order valence-corrected chi connectivity index (χ4v) is 5.75. The maximum Gasteiger partial charge on any atom is 0.328 e. The van der Waals surface area contributed by atoms with Gasteiger partial charge >= 0.3 is 5.97 Å². The number of nitrogens with one attached hydrogen (secondary N) is 3. The monoisotopic (exact) mass is 727 g/mol. The maximum atomic E-state index is 13.8. The first kappa shape index (κ1) is 41.3. The summed E-state index contributed by atoms with van der Waals surface area (Å²) in [5.74, 6) is -1.05. The molecule has 0 saturated heterocycles. The average Bonchev–Trinajstić information content (AvgIpc) is 3.06. The number of carbonyl (C=O) groups is 4. The molecule has 0 aromatic heterocycles. The molecule has 5 atom stereocenters. The normalized spacial score (nSPS) is 23.3. The quantitative estimate of drug-likeness (QED) is 0.270. The molecule has 3 N–H and O–H groups in total. The van der Waals surface area contributed by atoms with Gasteiger partial charge in [-0.3, -0.25) is 14.4 Å². The summed E-state index contributed by atoms with van der Waals surface area (Å²) in [6, 6.07) is 10.0. The van der Waals surface area contributed by atoms with Crippen molar-refractivity contribution in [3.8, 4) is 11.5 Å². The summed E-state index contributed by atoms with van der Waals surface area (Å²) in [4.78, 5) is 54.6. The second kappa shape index (κ2) is 18.4. The van der Waals surface area contributed by atoms with Gasteiger partial charge in [-0.15, -0.1) is 0 Å². The van der Waals surface area contributed by atoms with E-state index in [0.717, 1.165) is 11.3 Å². The predicted molar refractivity (Wildman–Crippen MR) is 196 cm³/mol. The van der Waals surface area contributed by atoms with Crippen molar-refractivity contribution in [2.75, 3.05) is 20.8 Å². The lowest BCUT2D eigenvalue weighted by atomic mass is 9.82. The van der Waals surface area contributed by atoms with Crippen LogP contribution < -0.4 is 25.4 Å². The van der Waals surface area contributed by atoms with Crippen molar-refractivity contribution in [2.24, 2.45) is 16.7 Å². The van der Waals surface area contributed by atoms with Gasteiger partial charge in [0.2, 0.25) is 17.7 Å². The molecule has 0 radical (unpaired) electrons. The highest BCUT2D eigenvalue weighted by molar-refractivity contribution is 6.32. The van der Waals surface area contributed by atoms with E-state index in [-0.39, 0.29) is 30.8 Å².